The van der Waals surface area contributed by atoms with Gasteiger partial charge in [0, 0.05) is 33.4 Å². The van der Waals surface area contributed by atoms with Crippen LogP contribution in [0.1, 0.15) is 0 Å². The molecule has 0 saturated heterocycles. The molecule has 0 radical (unpaired) electrons. The van der Waals surface area contributed by atoms with Gasteiger partial charge in [0.2, 0.25) is 0 Å². The van der Waals surface area contributed by atoms with Crippen molar-refractivity contribution in [2.75, 3.05) is 0 Å². The fraction of sp³-hybridized carbons (Fsp3) is 0. The van der Waals surface area contributed by atoms with Crippen molar-refractivity contribution < 1.29 is 0 Å². The maximum absolute atomic E-state index is 5.22. The molecule has 0 aliphatic carbocycles. The smallest absolute Gasteiger partial charge is 0.165 e. The first kappa shape index (κ1) is 34.6. The van der Waals surface area contributed by atoms with Crippen molar-refractivity contribution in [3.63, 3.8) is 0 Å². The Morgan fingerprint density at radius 3 is 1.31 bits per heavy atom. The van der Waals surface area contributed by atoms with Gasteiger partial charge >= 0.3 is 0 Å². The summed E-state index contributed by atoms with van der Waals surface area (Å²) in [5, 5.41) is 2.17. The van der Waals surface area contributed by atoms with Crippen LogP contribution < -0.4 is 0 Å². The quantitative estimate of drug-likeness (QED) is 0.155. The zero-order chi connectivity index (χ0) is 38.7. The Balaban J connectivity index is 1.16. The molecule has 0 amide bonds. The molecular weight excluding hydrogens is 707 g/mol. The summed E-state index contributed by atoms with van der Waals surface area (Å²) in [5.41, 5.74) is 11.8. The van der Waals surface area contributed by atoms with Crippen molar-refractivity contribution in [2.45, 2.75) is 0 Å². The number of rotatable bonds is 8. The summed E-state index contributed by atoms with van der Waals surface area (Å²) in [4.78, 5) is 25.6. The van der Waals surface area contributed by atoms with E-state index in [0.717, 1.165) is 77.8 Å². The molecule has 0 bridgehead atoms. The SMILES string of the molecule is c1ccc(-c2cc(-c3cccc(-c4ccccc4-c4ccc5ccccc5c4-c4nc(-c5ccccc5)nc(-c5ccccc5)n4)c3)nc(-c3ccccc3)n2)cc1. The van der Waals surface area contributed by atoms with Gasteiger partial charge in [-0.3, -0.25) is 0 Å². The standard InChI is InChI=1S/C53H35N5/c1-5-19-37(20-6-1)47-35-48(55-50(54-47)38-21-7-2-8-22-38)42-28-17-27-41(34-42)43-29-15-16-31-45(43)46-33-32-36-18-13-14-30-44(36)49(46)53-57-51(39-23-9-3-10-24-39)56-52(58-53)40-25-11-4-12-26-40/h1-35H. The average molecular weight is 742 g/mol. The first-order valence-corrected chi connectivity index (χ1v) is 19.3. The maximum atomic E-state index is 5.22. The summed E-state index contributed by atoms with van der Waals surface area (Å²) in [6.07, 6.45) is 0. The Bertz CT molecular complexity index is 2930. The fourth-order valence-electron chi connectivity index (χ4n) is 7.54. The molecule has 272 valence electrons. The van der Waals surface area contributed by atoms with Gasteiger partial charge in [0.1, 0.15) is 0 Å². The zero-order valence-corrected chi connectivity index (χ0v) is 31.4. The van der Waals surface area contributed by atoms with E-state index < -0.39 is 0 Å². The minimum atomic E-state index is 0.617. The van der Waals surface area contributed by atoms with Crippen molar-refractivity contribution in [1.29, 1.82) is 0 Å². The number of fused-ring (bicyclic) bond motifs is 1. The molecule has 0 aliphatic heterocycles. The first-order valence-electron chi connectivity index (χ1n) is 19.3. The molecule has 0 fully saturated rings. The molecule has 0 atom stereocenters. The Kier molecular flexibility index (Phi) is 9.14. The maximum Gasteiger partial charge on any atom is 0.165 e. The van der Waals surface area contributed by atoms with Crippen molar-refractivity contribution in [2.24, 2.45) is 0 Å². The van der Waals surface area contributed by atoms with Gasteiger partial charge in [-0.05, 0) is 45.2 Å². The molecule has 10 aromatic rings. The second-order valence-electron chi connectivity index (χ2n) is 14.1. The third kappa shape index (κ3) is 6.82. The highest BCUT2D eigenvalue weighted by Gasteiger charge is 2.21. The molecule has 0 unspecified atom stereocenters. The fourth-order valence-corrected chi connectivity index (χ4v) is 7.54. The van der Waals surface area contributed by atoms with E-state index in [9.17, 15) is 0 Å². The van der Waals surface area contributed by atoms with Gasteiger partial charge < -0.3 is 0 Å². The van der Waals surface area contributed by atoms with E-state index >= 15 is 0 Å². The van der Waals surface area contributed by atoms with E-state index in [1.54, 1.807) is 0 Å². The van der Waals surface area contributed by atoms with Gasteiger partial charge in [-0.1, -0.05) is 200 Å². The van der Waals surface area contributed by atoms with Gasteiger partial charge in [-0.15, -0.1) is 0 Å². The largest absolute Gasteiger partial charge is 0.228 e. The van der Waals surface area contributed by atoms with Crippen molar-refractivity contribution in [3.05, 3.63) is 212 Å². The monoisotopic (exact) mass is 741 g/mol. The lowest BCUT2D eigenvalue weighted by atomic mass is 9.88. The second-order valence-corrected chi connectivity index (χ2v) is 14.1. The van der Waals surface area contributed by atoms with Crippen LogP contribution in [0.2, 0.25) is 0 Å². The van der Waals surface area contributed by atoms with Gasteiger partial charge in [0.15, 0.2) is 23.3 Å². The molecule has 5 nitrogen and oxygen atoms in total. The van der Waals surface area contributed by atoms with E-state index in [-0.39, 0.29) is 0 Å². The van der Waals surface area contributed by atoms with Crippen LogP contribution in [-0.2, 0) is 0 Å². The molecule has 5 heteroatoms. The number of aromatic nitrogens is 5. The lowest BCUT2D eigenvalue weighted by Crippen LogP contribution is -2.02. The minimum Gasteiger partial charge on any atom is -0.228 e. The minimum absolute atomic E-state index is 0.617. The highest BCUT2D eigenvalue weighted by Crippen LogP contribution is 2.42. The molecule has 0 N–H and O–H groups in total. The molecule has 0 aliphatic rings. The van der Waals surface area contributed by atoms with E-state index in [1.165, 1.54) is 0 Å². The number of benzene rings is 8. The third-order valence-electron chi connectivity index (χ3n) is 10.4. The Hall–Kier alpha value is -7.89. The van der Waals surface area contributed by atoms with Crippen molar-refractivity contribution >= 4 is 10.8 Å². The van der Waals surface area contributed by atoms with Crippen molar-refractivity contribution in [3.8, 4) is 90.3 Å². The predicted molar refractivity (Wildman–Crippen MR) is 236 cm³/mol. The summed E-state index contributed by atoms with van der Waals surface area (Å²) < 4.78 is 0. The Labute approximate surface area is 337 Å². The molecule has 0 saturated carbocycles. The van der Waals surface area contributed by atoms with E-state index in [4.69, 9.17) is 24.9 Å². The van der Waals surface area contributed by atoms with Crippen LogP contribution in [0.4, 0.5) is 0 Å². The normalized spacial score (nSPS) is 11.1. The van der Waals surface area contributed by atoms with Gasteiger partial charge in [-0.25, -0.2) is 24.9 Å². The van der Waals surface area contributed by atoms with E-state index in [1.807, 2.05) is 97.1 Å². The number of nitrogens with zero attached hydrogens (tertiary/aromatic N) is 5. The van der Waals surface area contributed by atoms with Gasteiger partial charge in [0.05, 0.1) is 11.4 Å². The lowest BCUT2D eigenvalue weighted by Gasteiger charge is -2.17. The second kappa shape index (κ2) is 15.3. The van der Waals surface area contributed by atoms with Crippen LogP contribution in [0.5, 0.6) is 0 Å². The van der Waals surface area contributed by atoms with Crippen LogP contribution in [0.15, 0.2) is 212 Å². The molecule has 8 aromatic carbocycles. The summed E-state index contributed by atoms with van der Waals surface area (Å²) >= 11 is 0. The highest BCUT2D eigenvalue weighted by molar-refractivity contribution is 6.05. The zero-order valence-electron chi connectivity index (χ0n) is 31.4. The molecule has 2 heterocycles. The molecule has 58 heavy (non-hydrogen) atoms. The van der Waals surface area contributed by atoms with Crippen LogP contribution in [-0.4, -0.2) is 24.9 Å². The highest BCUT2D eigenvalue weighted by atomic mass is 15.0. The summed E-state index contributed by atoms with van der Waals surface area (Å²) in [7, 11) is 0. The number of hydrogen-bond acceptors (Lipinski definition) is 5. The third-order valence-corrected chi connectivity index (χ3v) is 10.4. The summed E-state index contributed by atoms with van der Waals surface area (Å²) in [6.45, 7) is 0. The van der Waals surface area contributed by atoms with Crippen LogP contribution >= 0.6 is 0 Å². The van der Waals surface area contributed by atoms with Crippen LogP contribution in [0.3, 0.4) is 0 Å². The van der Waals surface area contributed by atoms with Crippen LogP contribution in [0.25, 0.3) is 101 Å². The molecule has 0 spiro atoms. The Morgan fingerprint density at radius 1 is 0.241 bits per heavy atom. The number of hydrogen-bond donors (Lipinski definition) is 0. The lowest BCUT2D eigenvalue weighted by molar-refractivity contribution is 1.08. The van der Waals surface area contributed by atoms with Crippen LogP contribution in [0, 0.1) is 0 Å². The Morgan fingerprint density at radius 2 is 0.690 bits per heavy atom. The van der Waals surface area contributed by atoms with E-state index in [2.05, 4.69) is 115 Å². The topological polar surface area (TPSA) is 64.5 Å². The van der Waals surface area contributed by atoms with Gasteiger partial charge in [-0.2, -0.15) is 0 Å². The van der Waals surface area contributed by atoms with Gasteiger partial charge in [0.25, 0.3) is 0 Å². The molecular formula is C53H35N5. The molecule has 10 rings (SSSR count). The summed E-state index contributed by atoms with van der Waals surface area (Å²) in [5.74, 6) is 2.55. The first-order chi connectivity index (χ1) is 28.7. The predicted octanol–water partition coefficient (Wildman–Crippen LogP) is 13.2. The average Bonchev–Trinajstić information content (AvgIpc) is 3.32. The molecule has 2 aromatic heterocycles. The van der Waals surface area contributed by atoms with Crippen molar-refractivity contribution in [1.82, 2.24) is 24.9 Å². The van der Waals surface area contributed by atoms with E-state index in [0.29, 0.717) is 23.3 Å². The summed E-state index contributed by atoms with van der Waals surface area (Å²) in [6, 6.07) is 72.9.